The molecule has 0 spiro atoms. The molecule has 98 valence electrons. The monoisotopic (exact) mass is 259 g/mol. The van der Waals surface area contributed by atoms with Gasteiger partial charge in [0.15, 0.2) is 0 Å². The molecule has 0 N–H and O–H groups in total. The molecule has 1 aromatic heterocycles. The molecule has 1 heterocycles. The topological polar surface area (TPSA) is 78.2 Å². The number of hydrogen-bond acceptors (Lipinski definition) is 5. The molecule has 0 aliphatic heterocycles. The van der Waals surface area contributed by atoms with Crippen molar-refractivity contribution >= 4 is 16.6 Å². The highest BCUT2D eigenvalue weighted by atomic mass is 16.6. The molecule has 0 radical (unpaired) electrons. The van der Waals surface area contributed by atoms with E-state index in [9.17, 15) is 10.1 Å². The minimum absolute atomic E-state index is 0.000559. The zero-order valence-electron chi connectivity index (χ0n) is 10.4. The van der Waals surface area contributed by atoms with Gasteiger partial charge in [0.05, 0.1) is 22.4 Å². The number of benzene rings is 1. The van der Waals surface area contributed by atoms with Crippen molar-refractivity contribution in [1.29, 1.82) is 0 Å². The summed E-state index contributed by atoms with van der Waals surface area (Å²) < 4.78 is 5.53. The van der Waals surface area contributed by atoms with E-state index in [0.717, 1.165) is 6.42 Å². The van der Waals surface area contributed by atoms with Gasteiger partial charge in [0.2, 0.25) is 5.88 Å². The van der Waals surface area contributed by atoms with Gasteiger partial charge in [-0.05, 0) is 19.4 Å². The summed E-state index contributed by atoms with van der Waals surface area (Å²) in [5.41, 5.74) is 0.627. The summed E-state index contributed by atoms with van der Waals surface area (Å²) in [6.07, 6.45) is 6.06. The summed E-state index contributed by atoms with van der Waals surface area (Å²) in [6.45, 7) is 2.41. The number of non-ortho nitro benzene ring substituents is 1. The number of nitro groups is 1. The van der Waals surface area contributed by atoms with Gasteiger partial charge in [-0.2, -0.15) is 0 Å². The molecular formula is C13H13N3O3. The summed E-state index contributed by atoms with van der Waals surface area (Å²) in [6, 6.07) is 4.44. The van der Waals surface area contributed by atoms with E-state index in [1.807, 2.05) is 19.1 Å². The van der Waals surface area contributed by atoms with Crippen molar-refractivity contribution < 1.29 is 9.66 Å². The molecule has 0 aliphatic carbocycles. The fourth-order valence-corrected chi connectivity index (χ4v) is 1.64. The summed E-state index contributed by atoms with van der Waals surface area (Å²) in [5.74, 6) is 0.373. The third-order valence-corrected chi connectivity index (χ3v) is 2.55. The number of nitrogens with zero attached hydrogens (tertiary/aromatic N) is 3. The Morgan fingerprint density at radius 3 is 3.00 bits per heavy atom. The van der Waals surface area contributed by atoms with Crippen LogP contribution in [-0.4, -0.2) is 21.5 Å². The Labute approximate surface area is 109 Å². The zero-order valence-corrected chi connectivity index (χ0v) is 10.4. The standard InChI is InChI=1S/C13H13N3O3/c1-2-3-4-7-19-13-11-8-10(16(17)18)5-6-12(11)14-9-15-13/h2-3,5-6,8-9H,4,7H2,1H3/b3-2+. The van der Waals surface area contributed by atoms with Crippen molar-refractivity contribution in [3.8, 4) is 5.88 Å². The van der Waals surface area contributed by atoms with E-state index in [1.165, 1.54) is 18.5 Å². The molecule has 6 heteroatoms. The normalized spacial score (nSPS) is 11.0. The third kappa shape index (κ3) is 3.04. The van der Waals surface area contributed by atoms with Crippen molar-refractivity contribution in [2.75, 3.05) is 6.61 Å². The van der Waals surface area contributed by atoms with Crippen molar-refractivity contribution in [1.82, 2.24) is 9.97 Å². The second kappa shape index (κ2) is 5.90. The van der Waals surface area contributed by atoms with E-state index in [2.05, 4.69) is 9.97 Å². The van der Waals surface area contributed by atoms with Crippen LogP contribution >= 0.6 is 0 Å². The summed E-state index contributed by atoms with van der Waals surface area (Å²) in [5, 5.41) is 11.3. The van der Waals surface area contributed by atoms with Crippen LogP contribution in [0.25, 0.3) is 10.9 Å². The Morgan fingerprint density at radius 1 is 1.42 bits per heavy atom. The van der Waals surface area contributed by atoms with Crippen LogP contribution in [0.1, 0.15) is 13.3 Å². The first kappa shape index (κ1) is 12.9. The maximum Gasteiger partial charge on any atom is 0.270 e. The lowest BCUT2D eigenvalue weighted by Crippen LogP contribution is -1.99. The first-order valence-corrected chi connectivity index (χ1v) is 5.85. The predicted octanol–water partition coefficient (Wildman–Crippen LogP) is 2.88. The highest BCUT2D eigenvalue weighted by Gasteiger charge is 2.11. The van der Waals surface area contributed by atoms with Gasteiger partial charge in [-0.3, -0.25) is 10.1 Å². The van der Waals surface area contributed by atoms with E-state index >= 15 is 0 Å². The number of rotatable bonds is 5. The first-order chi connectivity index (χ1) is 9.22. The number of hydrogen-bond donors (Lipinski definition) is 0. The van der Waals surface area contributed by atoms with Crippen LogP contribution < -0.4 is 4.74 Å². The molecule has 0 saturated heterocycles. The Morgan fingerprint density at radius 2 is 2.26 bits per heavy atom. The summed E-state index contributed by atoms with van der Waals surface area (Å²) in [4.78, 5) is 18.4. The van der Waals surface area contributed by atoms with Crippen LogP contribution in [0.5, 0.6) is 5.88 Å². The highest BCUT2D eigenvalue weighted by molar-refractivity contribution is 5.85. The molecule has 2 rings (SSSR count). The number of aromatic nitrogens is 2. The maximum absolute atomic E-state index is 10.8. The van der Waals surface area contributed by atoms with Crippen LogP contribution in [0.2, 0.25) is 0 Å². The first-order valence-electron chi connectivity index (χ1n) is 5.85. The summed E-state index contributed by atoms with van der Waals surface area (Å²) >= 11 is 0. The molecule has 2 aromatic rings. The van der Waals surface area contributed by atoms with Crippen LogP contribution in [0.4, 0.5) is 5.69 Å². The molecule has 0 unspecified atom stereocenters. The average Bonchev–Trinajstić information content (AvgIpc) is 2.43. The molecule has 19 heavy (non-hydrogen) atoms. The molecule has 6 nitrogen and oxygen atoms in total. The van der Waals surface area contributed by atoms with Crippen LogP contribution in [0.3, 0.4) is 0 Å². The zero-order chi connectivity index (χ0) is 13.7. The molecule has 1 aromatic carbocycles. The van der Waals surface area contributed by atoms with Gasteiger partial charge in [0, 0.05) is 12.1 Å². The molecule has 0 fully saturated rings. The van der Waals surface area contributed by atoms with Gasteiger partial charge in [-0.15, -0.1) is 0 Å². The van der Waals surface area contributed by atoms with Crippen LogP contribution in [-0.2, 0) is 0 Å². The highest BCUT2D eigenvalue weighted by Crippen LogP contribution is 2.25. The van der Waals surface area contributed by atoms with Gasteiger partial charge in [-0.1, -0.05) is 12.2 Å². The minimum Gasteiger partial charge on any atom is -0.477 e. The van der Waals surface area contributed by atoms with E-state index < -0.39 is 4.92 Å². The SMILES string of the molecule is C/C=C/CCOc1ncnc2ccc([N+](=O)[O-])cc12. The number of allylic oxidation sites excluding steroid dienone is 1. The molecule has 0 atom stereocenters. The lowest BCUT2D eigenvalue weighted by Gasteiger charge is -2.06. The molecular weight excluding hydrogens is 246 g/mol. The van der Waals surface area contributed by atoms with Crippen molar-refractivity contribution in [2.24, 2.45) is 0 Å². The van der Waals surface area contributed by atoms with E-state index in [1.54, 1.807) is 6.07 Å². The Kier molecular flexibility index (Phi) is 4.02. The van der Waals surface area contributed by atoms with Crippen molar-refractivity contribution in [2.45, 2.75) is 13.3 Å². The van der Waals surface area contributed by atoms with E-state index in [0.29, 0.717) is 23.4 Å². The predicted molar refractivity (Wildman–Crippen MR) is 71.1 cm³/mol. The average molecular weight is 259 g/mol. The van der Waals surface area contributed by atoms with Gasteiger partial charge >= 0.3 is 0 Å². The summed E-state index contributed by atoms with van der Waals surface area (Å²) in [7, 11) is 0. The largest absolute Gasteiger partial charge is 0.477 e. The Balaban J connectivity index is 2.31. The van der Waals surface area contributed by atoms with Crippen LogP contribution in [0.15, 0.2) is 36.7 Å². The minimum atomic E-state index is -0.448. The van der Waals surface area contributed by atoms with Gasteiger partial charge in [0.25, 0.3) is 5.69 Å². The molecule has 0 saturated carbocycles. The maximum atomic E-state index is 10.8. The van der Waals surface area contributed by atoms with Crippen molar-refractivity contribution in [3.05, 3.63) is 46.8 Å². The van der Waals surface area contributed by atoms with E-state index in [4.69, 9.17) is 4.74 Å². The fourth-order valence-electron chi connectivity index (χ4n) is 1.64. The molecule has 0 amide bonds. The van der Waals surface area contributed by atoms with E-state index in [-0.39, 0.29) is 5.69 Å². The molecule has 0 bridgehead atoms. The third-order valence-electron chi connectivity index (χ3n) is 2.55. The fraction of sp³-hybridized carbons (Fsp3) is 0.231. The second-order valence-corrected chi connectivity index (χ2v) is 3.84. The van der Waals surface area contributed by atoms with Crippen LogP contribution in [0, 0.1) is 10.1 Å². The Hall–Kier alpha value is -2.50. The lowest BCUT2D eigenvalue weighted by atomic mass is 10.2. The number of fused-ring (bicyclic) bond motifs is 1. The Bertz CT molecular complexity index is 626. The van der Waals surface area contributed by atoms with Crippen molar-refractivity contribution in [3.63, 3.8) is 0 Å². The molecule has 0 aliphatic rings. The van der Waals surface area contributed by atoms with Gasteiger partial charge < -0.3 is 4.74 Å². The van der Waals surface area contributed by atoms with Gasteiger partial charge in [-0.25, -0.2) is 9.97 Å². The number of ether oxygens (including phenoxy) is 1. The quantitative estimate of drug-likeness (QED) is 0.357. The smallest absolute Gasteiger partial charge is 0.270 e. The lowest BCUT2D eigenvalue weighted by molar-refractivity contribution is -0.384. The van der Waals surface area contributed by atoms with Gasteiger partial charge in [0.1, 0.15) is 6.33 Å². The second-order valence-electron chi connectivity index (χ2n) is 3.84. The number of nitro benzene ring substituents is 1.